The molecule has 0 fully saturated rings. The fraction of sp³-hybridized carbons (Fsp3) is 0.250. The summed E-state index contributed by atoms with van der Waals surface area (Å²) in [6.07, 6.45) is 2.03. The van der Waals surface area contributed by atoms with Gasteiger partial charge in [-0.2, -0.15) is 5.26 Å². The Labute approximate surface area is 185 Å². The summed E-state index contributed by atoms with van der Waals surface area (Å²) in [6.45, 7) is 4.49. The molecule has 0 radical (unpaired) electrons. The van der Waals surface area contributed by atoms with Crippen molar-refractivity contribution in [1.29, 1.82) is 5.26 Å². The summed E-state index contributed by atoms with van der Waals surface area (Å²) in [5.41, 5.74) is 6.84. The molecule has 0 saturated heterocycles. The monoisotopic (exact) mass is 426 g/mol. The number of nitriles is 1. The molecular weight excluding hydrogens is 404 g/mol. The average Bonchev–Trinajstić information content (AvgIpc) is 3.36. The Kier molecular flexibility index (Phi) is 4.57. The number of hydrogen-bond donors (Lipinski definition) is 4. The average molecular weight is 426 g/mol. The van der Waals surface area contributed by atoms with Gasteiger partial charge >= 0.3 is 0 Å². The van der Waals surface area contributed by atoms with E-state index in [9.17, 15) is 15.2 Å². The molecule has 32 heavy (non-hydrogen) atoms. The molecule has 0 aliphatic carbocycles. The maximum absolute atomic E-state index is 11.7. The molecule has 3 heterocycles. The quantitative estimate of drug-likeness (QED) is 0.505. The molecule has 2 aliphatic rings. The van der Waals surface area contributed by atoms with Crippen LogP contribution in [0.5, 0.6) is 0 Å². The van der Waals surface area contributed by atoms with E-state index in [1.54, 1.807) is 18.3 Å². The second-order valence-electron chi connectivity index (χ2n) is 8.51. The van der Waals surface area contributed by atoms with Gasteiger partial charge in [-0.15, -0.1) is 0 Å². The summed E-state index contributed by atoms with van der Waals surface area (Å²) in [5.74, 6) is 0.414. The molecule has 5 rings (SSSR count). The molecule has 2 aliphatic heterocycles. The molecule has 0 saturated carbocycles. The Morgan fingerprint density at radius 1 is 1.31 bits per heavy atom. The summed E-state index contributed by atoms with van der Waals surface area (Å²) < 4.78 is 0. The molecule has 1 unspecified atom stereocenters. The van der Waals surface area contributed by atoms with Crippen molar-refractivity contribution in [1.82, 2.24) is 9.97 Å². The molecule has 8 heteroatoms. The largest absolute Gasteiger partial charge is 0.395 e. The number of nitrogens with one attached hydrogen (secondary N) is 3. The molecule has 4 N–H and O–H groups in total. The molecule has 8 nitrogen and oxygen atoms in total. The number of aromatic nitrogens is 2. The smallest absolute Gasteiger partial charge is 0.228 e. The van der Waals surface area contributed by atoms with Gasteiger partial charge in [0, 0.05) is 35.1 Å². The predicted molar refractivity (Wildman–Crippen MR) is 122 cm³/mol. The van der Waals surface area contributed by atoms with Gasteiger partial charge < -0.3 is 21.1 Å². The lowest BCUT2D eigenvalue weighted by Crippen LogP contribution is -2.28. The van der Waals surface area contributed by atoms with Crippen LogP contribution in [0.2, 0.25) is 0 Å². The fourth-order valence-electron chi connectivity index (χ4n) is 4.36. The summed E-state index contributed by atoms with van der Waals surface area (Å²) in [6, 6.07) is 11.6. The van der Waals surface area contributed by atoms with Crippen LogP contribution in [-0.2, 0) is 16.6 Å². The minimum absolute atomic E-state index is 0.00669. The van der Waals surface area contributed by atoms with Gasteiger partial charge in [0.15, 0.2) is 0 Å². The van der Waals surface area contributed by atoms with Gasteiger partial charge in [-0.3, -0.25) is 4.79 Å². The van der Waals surface area contributed by atoms with Crippen LogP contribution < -0.4 is 16.0 Å². The molecule has 0 spiro atoms. The van der Waals surface area contributed by atoms with Crippen LogP contribution >= 0.6 is 0 Å². The zero-order chi connectivity index (χ0) is 22.5. The number of hydrogen-bond acceptors (Lipinski definition) is 7. The summed E-state index contributed by atoms with van der Waals surface area (Å²) in [5, 5.41) is 29.0. The van der Waals surface area contributed by atoms with E-state index in [1.165, 1.54) is 0 Å². The van der Waals surface area contributed by atoms with E-state index >= 15 is 0 Å². The maximum Gasteiger partial charge on any atom is 0.228 e. The van der Waals surface area contributed by atoms with Gasteiger partial charge in [0.25, 0.3) is 0 Å². The van der Waals surface area contributed by atoms with E-state index < -0.39 is 5.41 Å². The lowest BCUT2D eigenvalue weighted by atomic mass is 9.83. The van der Waals surface area contributed by atoms with Crippen molar-refractivity contribution in [2.45, 2.75) is 25.7 Å². The number of amides is 1. The normalized spacial score (nSPS) is 18.4. The number of anilines is 4. The molecule has 2 aromatic carbocycles. The van der Waals surface area contributed by atoms with E-state index in [2.05, 4.69) is 32.0 Å². The second kappa shape index (κ2) is 7.32. The van der Waals surface area contributed by atoms with E-state index in [0.717, 1.165) is 39.3 Å². The van der Waals surface area contributed by atoms with E-state index in [1.807, 2.05) is 32.0 Å². The number of nitrogens with zero attached hydrogens (tertiary/aromatic N) is 3. The first-order chi connectivity index (χ1) is 15.4. The topological polar surface area (TPSA) is 123 Å². The highest BCUT2D eigenvalue weighted by molar-refractivity contribution is 6.00. The predicted octanol–water partition coefficient (Wildman–Crippen LogP) is 3.24. The first kappa shape index (κ1) is 20.0. The molecule has 1 atom stereocenters. The van der Waals surface area contributed by atoms with Crippen LogP contribution in [0.25, 0.3) is 11.3 Å². The summed E-state index contributed by atoms with van der Waals surface area (Å²) in [7, 11) is 0. The third-order valence-corrected chi connectivity index (χ3v) is 6.32. The second-order valence-corrected chi connectivity index (χ2v) is 8.51. The van der Waals surface area contributed by atoms with E-state index in [-0.39, 0.29) is 12.5 Å². The van der Waals surface area contributed by atoms with Crippen LogP contribution in [0.4, 0.5) is 23.0 Å². The molecule has 3 aromatic rings. The first-order valence-electron chi connectivity index (χ1n) is 10.4. The Hall–Kier alpha value is -3.96. The zero-order valence-electron chi connectivity index (χ0n) is 17.8. The first-order valence-corrected chi connectivity index (χ1v) is 10.4. The van der Waals surface area contributed by atoms with Crippen molar-refractivity contribution in [2.75, 3.05) is 29.1 Å². The molecule has 160 valence electrons. The number of rotatable bonds is 4. The van der Waals surface area contributed by atoms with E-state index in [0.29, 0.717) is 30.2 Å². The minimum atomic E-state index is -0.460. The zero-order valence-corrected chi connectivity index (χ0v) is 17.8. The van der Waals surface area contributed by atoms with Crippen molar-refractivity contribution >= 4 is 28.9 Å². The van der Waals surface area contributed by atoms with Crippen molar-refractivity contribution in [3.63, 3.8) is 0 Å². The van der Waals surface area contributed by atoms with Crippen molar-refractivity contribution in [3.8, 4) is 17.3 Å². The van der Waals surface area contributed by atoms with Gasteiger partial charge in [0.1, 0.15) is 6.07 Å². The van der Waals surface area contributed by atoms with Gasteiger partial charge in [-0.1, -0.05) is 6.92 Å². The molecular formula is C24H22N6O2. The van der Waals surface area contributed by atoms with Crippen molar-refractivity contribution in [3.05, 3.63) is 58.8 Å². The number of benzene rings is 2. The highest BCUT2D eigenvalue weighted by Gasteiger charge is 2.36. The number of fused-ring (bicyclic) bond motifs is 2. The number of carbonyl (C=O) groups excluding carboxylic acids is 1. The number of aliphatic hydroxyl groups is 1. The van der Waals surface area contributed by atoms with Crippen LogP contribution in [0.3, 0.4) is 0 Å². The highest BCUT2D eigenvalue weighted by Crippen LogP contribution is 2.41. The lowest BCUT2D eigenvalue weighted by Gasteiger charge is -2.21. The number of carbonyl (C=O) groups is 1. The Morgan fingerprint density at radius 3 is 2.94 bits per heavy atom. The van der Waals surface area contributed by atoms with Gasteiger partial charge in [0.2, 0.25) is 11.9 Å². The Bertz CT molecular complexity index is 1310. The third kappa shape index (κ3) is 3.15. The van der Waals surface area contributed by atoms with Crippen LogP contribution in [-0.4, -0.2) is 34.1 Å². The molecule has 1 amide bonds. The summed E-state index contributed by atoms with van der Waals surface area (Å²) in [4.78, 5) is 20.7. The van der Waals surface area contributed by atoms with Crippen LogP contribution in [0.1, 0.15) is 29.2 Å². The minimum Gasteiger partial charge on any atom is -0.395 e. The molecule has 0 bridgehead atoms. The van der Waals surface area contributed by atoms with Crippen molar-refractivity contribution in [2.24, 2.45) is 0 Å². The highest BCUT2D eigenvalue weighted by atomic mass is 16.3. The van der Waals surface area contributed by atoms with Crippen molar-refractivity contribution < 1.29 is 9.90 Å². The van der Waals surface area contributed by atoms with Crippen LogP contribution in [0, 0.1) is 18.3 Å². The standard InChI is InChI=1S/C24H22N6O2/c1-13-16-9-21(32)28-20(16)4-3-18(13)29-23-26-6-5-19(30-23)14-7-15(10-25)22-17(8-14)24(2,12-31)11-27-22/h3-8,27,31H,9,11-12H2,1-2H3,(H,28,32)(H,26,29,30). The van der Waals surface area contributed by atoms with Gasteiger partial charge in [-0.25, -0.2) is 9.97 Å². The third-order valence-electron chi connectivity index (χ3n) is 6.32. The number of aliphatic hydroxyl groups excluding tert-OH is 1. The SMILES string of the molecule is Cc1c(Nc2nccc(-c3cc(C#N)c4c(c3)C(C)(CO)CN4)n2)ccc2c1CC(=O)N2. The Morgan fingerprint density at radius 2 is 2.16 bits per heavy atom. The van der Waals surface area contributed by atoms with Gasteiger partial charge in [0.05, 0.1) is 30.0 Å². The molecule has 1 aromatic heterocycles. The fourth-order valence-corrected chi connectivity index (χ4v) is 4.36. The summed E-state index contributed by atoms with van der Waals surface area (Å²) >= 11 is 0. The lowest BCUT2D eigenvalue weighted by molar-refractivity contribution is -0.115. The van der Waals surface area contributed by atoms with E-state index in [4.69, 9.17) is 0 Å². The van der Waals surface area contributed by atoms with Gasteiger partial charge in [-0.05, 0) is 53.9 Å². The van der Waals surface area contributed by atoms with Crippen LogP contribution in [0.15, 0.2) is 36.5 Å². The maximum atomic E-state index is 11.7. The Balaban J connectivity index is 1.51.